The fraction of sp³-hybridized carbons (Fsp3) is 0.350. The largest absolute Gasteiger partial charge is 0.496 e. The number of nitrogens with one attached hydrogen (secondary N) is 1. The highest BCUT2D eigenvalue weighted by Gasteiger charge is 2.20. The summed E-state index contributed by atoms with van der Waals surface area (Å²) >= 11 is 6.05. The number of ether oxygens (including phenoxy) is 3. The molecule has 1 fully saturated rings. The highest BCUT2D eigenvalue weighted by molar-refractivity contribution is 6.33. The van der Waals surface area contributed by atoms with Gasteiger partial charge in [0.05, 0.1) is 36.6 Å². The lowest BCUT2D eigenvalue weighted by Crippen LogP contribution is -2.24. The number of nitrogen functional groups attached to an aromatic ring is 1. The van der Waals surface area contributed by atoms with Crippen LogP contribution in [0.2, 0.25) is 5.02 Å². The van der Waals surface area contributed by atoms with E-state index < -0.39 is 0 Å². The lowest BCUT2D eigenvalue weighted by Gasteiger charge is -2.17. The van der Waals surface area contributed by atoms with Crippen molar-refractivity contribution in [1.29, 1.82) is 0 Å². The monoisotopic (exact) mass is 426 g/mol. The standard InChI is InChI=1S/C20H23ClN2O4.ClH/c1-12-3-4-13(18(7-12)27-14-5-6-26-11-14)10-23-20(24)15-8-16(21)17(22)9-19(15)25-2;/h3-4,7-9,14H,5-6,10-11,22H2,1-2H3,(H,23,24);1H. The van der Waals surface area contributed by atoms with Crippen molar-refractivity contribution in [2.24, 2.45) is 0 Å². The summed E-state index contributed by atoms with van der Waals surface area (Å²) in [4.78, 5) is 12.6. The third kappa shape index (κ3) is 5.22. The molecule has 28 heavy (non-hydrogen) atoms. The Morgan fingerprint density at radius 2 is 2.11 bits per heavy atom. The van der Waals surface area contributed by atoms with E-state index >= 15 is 0 Å². The lowest BCUT2D eigenvalue weighted by atomic mass is 10.1. The van der Waals surface area contributed by atoms with Crippen LogP contribution in [0, 0.1) is 6.92 Å². The Hall–Kier alpha value is -2.15. The zero-order chi connectivity index (χ0) is 19.4. The van der Waals surface area contributed by atoms with Gasteiger partial charge in [-0.25, -0.2) is 0 Å². The molecule has 1 aliphatic rings. The summed E-state index contributed by atoms with van der Waals surface area (Å²) in [5, 5.41) is 3.20. The first-order valence-corrected chi connectivity index (χ1v) is 9.11. The Labute approximate surface area is 175 Å². The summed E-state index contributed by atoms with van der Waals surface area (Å²) in [6.07, 6.45) is 0.901. The molecule has 2 aromatic rings. The summed E-state index contributed by atoms with van der Waals surface area (Å²) < 4.78 is 16.7. The molecule has 1 saturated heterocycles. The van der Waals surface area contributed by atoms with E-state index in [1.165, 1.54) is 19.2 Å². The third-order valence-corrected chi connectivity index (χ3v) is 4.73. The number of carbonyl (C=O) groups is 1. The average molecular weight is 427 g/mol. The van der Waals surface area contributed by atoms with Gasteiger partial charge in [-0.2, -0.15) is 0 Å². The van der Waals surface area contributed by atoms with Crippen LogP contribution < -0.4 is 20.5 Å². The van der Waals surface area contributed by atoms with Crippen molar-refractivity contribution in [2.75, 3.05) is 26.1 Å². The molecule has 152 valence electrons. The number of carbonyl (C=O) groups excluding carboxylic acids is 1. The maximum absolute atomic E-state index is 12.6. The second-order valence-corrected chi connectivity index (χ2v) is 6.88. The van der Waals surface area contributed by atoms with Gasteiger partial charge in [-0.3, -0.25) is 4.79 Å². The van der Waals surface area contributed by atoms with E-state index in [0.717, 1.165) is 23.3 Å². The van der Waals surface area contributed by atoms with Crippen LogP contribution in [0.25, 0.3) is 0 Å². The second kappa shape index (κ2) is 9.87. The van der Waals surface area contributed by atoms with Crippen molar-refractivity contribution in [3.63, 3.8) is 0 Å². The van der Waals surface area contributed by atoms with Crippen molar-refractivity contribution >= 4 is 35.6 Å². The predicted octanol–water partition coefficient (Wildman–Crippen LogP) is 3.76. The summed E-state index contributed by atoms with van der Waals surface area (Å²) in [7, 11) is 1.48. The van der Waals surface area contributed by atoms with E-state index in [1.807, 2.05) is 25.1 Å². The van der Waals surface area contributed by atoms with Gasteiger partial charge < -0.3 is 25.3 Å². The molecule has 0 saturated carbocycles. The van der Waals surface area contributed by atoms with Crippen LogP contribution in [0.3, 0.4) is 0 Å². The molecular formula is C20H24Cl2N2O4. The molecule has 0 aliphatic carbocycles. The Morgan fingerprint density at radius 3 is 2.79 bits per heavy atom. The molecule has 1 unspecified atom stereocenters. The minimum absolute atomic E-state index is 0. The molecule has 1 aliphatic heterocycles. The van der Waals surface area contributed by atoms with Crippen molar-refractivity contribution in [1.82, 2.24) is 5.32 Å². The van der Waals surface area contributed by atoms with Crippen molar-refractivity contribution < 1.29 is 19.0 Å². The minimum Gasteiger partial charge on any atom is -0.496 e. The van der Waals surface area contributed by atoms with Gasteiger partial charge in [-0.1, -0.05) is 23.7 Å². The molecule has 0 aromatic heterocycles. The quantitative estimate of drug-likeness (QED) is 0.686. The van der Waals surface area contributed by atoms with Crippen LogP contribution in [-0.2, 0) is 11.3 Å². The smallest absolute Gasteiger partial charge is 0.255 e. The summed E-state index contributed by atoms with van der Waals surface area (Å²) in [6, 6.07) is 8.96. The van der Waals surface area contributed by atoms with Crippen LogP contribution >= 0.6 is 24.0 Å². The van der Waals surface area contributed by atoms with Gasteiger partial charge >= 0.3 is 0 Å². The molecule has 0 radical (unpaired) electrons. The first kappa shape index (κ1) is 22.1. The molecule has 1 atom stereocenters. The molecule has 3 rings (SSSR count). The van der Waals surface area contributed by atoms with Crippen LogP contribution in [-0.4, -0.2) is 32.3 Å². The molecular weight excluding hydrogens is 403 g/mol. The molecule has 0 spiro atoms. The number of amides is 1. The number of hydrogen-bond acceptors (Lipinski definition) is 5. The summed E-state index contributed by atoms with van der Waals surface area (Å²) in [6.45, 7) is 3.61. The predicted molar refractivity (Wildman–Crippen MR) is 112 cm³/mol. The number of methoxy groups -OCH3 is 1. The van der Waals surface area contributed by atoms with E-state index in [-0.39, 0.29) is 24.4 Å². The van der Waals surface area contributed by atoms with Gasteiger partial charge in [0.1, 0.15) is 17.6 Å². The zero-order valence-electron chi connectivity index (χ0n) is 15.8. The minimum atomic E-state index is -0.301. The van der Waals surface area contributed by atoms with Crippen molar-refractivity contribution in [2.45, 2.75) is 26.0 Å². The van der Waals surface area contributed by atoms with Crippen LogP contribution in [0.1, 0.15) is 27.9 Å². The van der Waals surface area contributed by atoms with E-state index in [0.29, 0.717) is 41.8 Å². The maximum atomic E-state index is 12.6. The number of benzene rings is 2. The van der Waals surface area contributed by atoms with Gasteiger partial charge in [0, 0.05) is 24.6 Å². The first-order chi connectivity index (χ1) is 13.0. The second-order valence-electron chi connectivity index (χ2n) is 6.47. The van der Waals surface area contributed by atoms with Crippen molar-refractivity contribution in [3.8, 4) is 11.5 Å². The zero-order valence-corrected chi connectivity index (χ0v) is 17.4. The highest BCUT2D eigenvalue weighted by Crippen LogP contribution is 2.29. The van der Waals surface area contributed by atoms with Gasteiger partial charge in [-0.15, -0.1) is 12.4 Å². The number of nitrogens with two attached hydrogens (primary N) is 1. The van der Waals surface area contributed by atoms with E-state index in [9.17, 15) is 4.79 Å². The van der Waals surface area contributed by atoms with Gasteiger partial charge in [0.25, 0.3) is 5.91 Å². The van der Waals surface area contributed by atoms with E-state index in [4.69, 9.17) is 31.5 Å². The number of rotatable bonds is 6. The summed E-state index contributed by atoms with van der Waals surface area (Å²) in [5.41, 5.74) is 8.44. The molecule has 2 aromatic carbocycles. The number of anilines is 1. The van der Waals surface area contributed by atoms with E-state index in [1.54, 1.807) is 0 Å². The normalized spacial score (nSPS) is 15.6. The summed E-state index contributed by atoms with van der Waals surface area (Å²) in [5.74, 6) is 0.829. The van der Waals surface area contributed by atoms with Gasteiger partial charge in [-0.05, 0) is 24.6 Å². The molecule has 6 nitrogen and oxygen atoms in total. The van der Waals surface area contributed by atoms with E-state index in [2.05, 4.69) is 5.32 Å². The van der Waals surface area contributed by atoms with Crippen LogP contribution in [0.15, 0.2) is 30.3 Å². The number of hydrogen-bond donors (Lipinski definition) is 2. The molecule has 8 heteroatoms. The fourth-order valence-corrected chi connectivity index (χ4v) is 3.05. The molecule has 3 N–H and O–H groups in total. The Kier molecular flexibility index (Phi) is 7.80. The fourth-order valence-electron chi connectivity index (χ4n) is 2.89. The van der Waals surface area contributed by atoms with Crippen LogP contribution in [0.5, 0.6) is 11.5 Å². The Morgan fingerprint density at radius 1 is 1.32 bits per heavy atom. The molecule has 1 heterocycles. The Balaban J connectivity index is 0.00000280. The first-order valence-electron chi connectivity index (χ1n) is 8.73. The maximum Gasteiger partial charge on any atom is 0.255 e. The number of aryl methyl sites for hydroxylation is 1. The Bertz CT molecular complexity index is 839. The molecule has 1 amide bonds. The lowest BCUT2D eigenvalue weighted by molar-refractivity contribution is 0.0947. The van der Waals surface area contributed by atoms with Crippen LogP contribution in [0.4, 0.5) is 5.69 Å². The molecule has 0 bridgehead atoms. The SMILES string of the molecule is COc1cc(N)c(Cl)cc1C(=O)NCc1ccc(C)cc1OC1CCOC1.Cl. The average Bonchev–Trinajstić information content (AvgIpc) is 3.15. The number of halogens is 2. The third-order valence-electron chi connectivity index (χ3n) is 4.41. The van der Waals surface area contributed by atoms with Crippen molar-refractivity contribution in [3.05, 3.63) is 52.0 Å². The highest BCUT2D eigenvalue weighted by atomic mass is 35.5. The topological polar surface area (TPSA) is 82.8 Å². The van der Waals surface area contributed by atoms with Gasteiger partial charge in [0.15, 0.2) is 0 Å². The van der Waals surface area contributed by atoms with Gasteiger partial charge in [0.2, 0.25) is 0 Å².